The second-order valence-electron chi connectivity index (χ2n) is 6.47. The fourth-order valence-corrected chi connectivity index (χ4v) is 3.83. The number of sulfonamides is 2. The lowest BCUT2D eigenvalue weighted by atomic mass is 10.1. The third-order valence-corrected chi connectivity index (χ3v) is 5.15. The van der Waals surface area contributed by atoms with Crippen LogP contribution in [0.3, 0.4) is 0 Å². The molecule has 0 bridgehead atoms. The summed E-state index contributed by atoms with van der Waals surface area (Å²) in [4.78, 5) is 0. The predicted octanol–water partition coefficient (Wildman–Crippen LogP) is 2.18. The van der Waals surface area contributed by atoms with Gasteiger partial charge in [-0.05, 0) is 49.9 Å². The summed E-state index contributed by atoms with van der Waals surface area (Å²) in [7, 11) is -6.83. The molecule has 6 nitrogen and oxygen atoms in total. The van der Waals surface area contributed by atoms with Crippen molar-refractivity contribution in [2.45, 2.75) is 39.2 Å². The van der Waals surface area contributed by atoms with Crippen LogP contribution in [0.4, 0.5) is 0 Å². The maximum absolute atomic E-state index is 10.8. The molecule has 0 radical (unpaired) electrons. The monoisotopic (exact) mass is 398 g/mol. The van der Waals surface area contributed by atoms with Gasteiger partial charge in [0.25, 0.3) is 0 Å². The van der Waals surface area contributed by atoms with Crippen LogP contribution in [-0.2, 0) is 31.6 Å². The van der Waals surface area contributed by atoms with E-state index in [0.29, 0.717) is 0 Å². The van der Waals surface area contributed by atoms with E-state index in [4.69, 9.17) is 10.3 Å². The molecule has 0 aliphatic heterocycles. The van der Waals surface area contributed by atoms with Gasteiger partial charge in [0.1, 0.15) is 0 Å². The molecule has 0 aromatic heterocycles. The fraction of sp³-hybridized carbons (Fsp3) is 0.333. The summed E-state index contributed by atoms with van der Waals surface area (Å²) in [6.45, 7) is 7.60. The average Bonchev–Trinajstić information content (AvgIpc) is 2.44. The van der Waals surface area contributed by atoms with E-state index in [2.05, 4.69) is 0 Å². The van der Waals surface area contributed by atoms with Crippen molar-refractivity contribution < 1.29 is 16.8 Å². The molecule has 0 fully saturated rings. The molecule has 0 unspecified atom stereocenters. The van der Waals surface area contributed by atoms with Gasteiger partial charge in [-0.3, -0.25) is 0 Å². The lowest BCUT2D eigenvalue weighted by Gasteiger charge is -2.04. The van der Waals surface area contributed by atoms with Gasteiger partial charge in [-0.15, -0.1) is 0 Å². The van der Waals surface area contributed by atoms with Gasteiger partial charge in [0.2, 0.25) is 20.0 Å². The molecular formula is C18H26N2O4S2. The molecule has 0 amide bonds. The maximum Gasteiger partial charge on any atom is 0.213 e. The van der Waals surface area contributed by atoms with E-state index in [-0.39, 0.29) is 11.5 Å². The lowest BCUT2D eigenvalue weighted by molar-refractivity contribution is 0.595. The first-order valence-electron chi connectivity index (χ1n) is 7.90. The van der Waals surface area contributed by atoms with Crippen LogP contribution in [0.15, 0.2) is 36.4 Å². The lowest BCUT2D eigenvalue weighted by Crippen LogP contribution is -2.15. The Morgan fingerprint density at radius 1 is 0.654 bits per heavy atom. The zero-order valence-electron chi connectivity index (χ0n) is 15.5. The van der Waals surface area contributed by atoms with Crippen LogP contribution >= 0.6 is 0 Å². The molecule has 0 aliphatic carbocycles. The van der Waals surface area contributed by atoms with Gasteiger partial charge < -0.3 is 0 Å². The molecule has 0 saturated heterocycles. The first kappa shape index (κ1) is 22.3. The normalized spacial score (nSPS) is 11.6. The maximum atomic E-state index is 10.8. The molecule has 4 N–H and O–H groups in total. The molecule has 0 heterocycles. The first-order chi connectivity index (χ1) is 11.8. The minimum absolute atomic E-state index is 0.0828. The van der Waals surface area contributed by atoms with E-state index in [1.165, 1.54) is 0 Å². The van der Waals surface area contributed by atoms with Gasteiger partial charge >= 0.3 is 0 Å². The minimum Gasteiger partial charge on any atom is -0.228 e. The van der Waals surface area contributed by atoms with Crippen LogP contribution < -0.4 is 10.3 Å². The van der Waals surface area contributed by atoms with Crippen LogP contribution in [0.1, 0.15) is 33.4 Å². The number of nitrogens with two attached hydrogens (primary N) is 2. The number of rotatable bonds is 4. The Kier molecular flexibility index (Phi) is 7.52. The molecule has 0 spiro atoms. The van der Waals surface area contributed by atoms with Crippen molar-refractivity contribution in [1.29, 1.82) is 0 Å². The number of aryl methyl sites for hydroxylation is 4. The average molecular weight is 399 g/mol. The molecule has 0 atom stereocenters. The summed E-state index contributed by atoms with van der Waals surface area (Å²) in [6.07, 6.45) is 0. The highest BCUT2D eigenvalue weighted by atomic mass is 32.2. The molecule has 0 aliphatic rings. The third kappa shape index (κ3) is 8.57. The summed E-state index contributed by atoms with van der Waals surface area (Å²) in [5, 5.41) is 9.92. The van der Waals surface area contributed by atoms with Crippen LogP contribution in [0.5, 0.6) is 0 Å². The Bertz CT molecular complexity index is 901. The van der Waals surface area contributed by atoms with E-state index in [0.717, 1.165) is 33.4 Å². The van der Waals surface area contributed by atoms with Crippen LogP contribution in [0.25, 0.3) is 0 Å². The number of primary sulfonamides is 2. The third-order valence-electron chi connectivity index (χ3n) is 3.72. The van der Waals surface area contributed by atoms with Crippen LogP contribution in [-0.4, -0.2) is 16.8 Å². The number of hydrogen-bond acceptors (Lipinski definition) is 4. The first-order valence-corrected chi connectivity index (χ1v) is 11.3. The topological polar surface area (TPSA) is 120 Å². The molecule has 2 rings (SSSR count). The van der Waals surface area contributed by atoms with Gasteiger partial charge in [0.05, 0.1) is 11.5 Å². The SMILES string of the molecule is Cc1ccc(C)c(CS(N)(=O)=O)c1.Cc1ccc(C)c(CS(N)(=O)=O)c1. The van der Waals surface area contributed by atoms with Crippen LogP contribution in [0, 0.1) is 27.7 Å². The van der Waals surface area contributed by atoms with Gasteiger partial charge in [0.15, 0.2) is 0 Å². The van der Waals surface area contributed by atoms with E-state index in [9.17, 15) is 16.8 Å². The standard InChI is InChI=1S/2C9H13NO2S/c2*1-7-3-4-8(2)9(5-7)6-13(10,11)12/h2*3-5H,6H2,1-2H3,(H2,10,11,12). The summed E-state index contributed by atoms with van der Waals surface area (Å²) in [5.41, 5.74) is 5.57. The second-order valence-corrected chi connectivity index (χ2v) is 9.70. The van der Waals surface area contributed by atoms with Gasteiger partial charge in [0, 0.05) is 0 Å². The Labute approximate surface area is 156 Å². The highest BCUT2D eigenvalue weighted by Gasteiger charge is 2.08. The van der Waals surface area contributed by atoms with E-state index in [1.807, 2.05) is 64.1 Å². The van der Waals surface area contributed by atoms with Crippen molar-refractivity contribution in [2.24, 2.45) is 10.3 Å². The fourth-order valence-electron chi connectivity index (χ4n) is 2.35. The largest absolute Gasteiger partial charge is 0.228 e. The van der Waals surface area contributed by atoms with Crippen molar-refractivity contribution in [1.82, 2.24) is 0 Å². The summed E-state index contributed by atoms with van der Waals surface area (Å²) >= 11 is 0. The van der Waals surface area contributed by atoms with E-state index >= 15 is 0 Å². The van der Waals surface area contributed by atoms with Gasteiger partial charge in [-0.25, -0.2) is 27.1 Å². The van der Waals surface area contributed by atoms with Gasteiger partial charge in [-0.1, -0.05) is 47.5 Å². The molecule has 2 aromatic rings. The van der Waals surface area contributed by atoms with Gasteiger partial charge in [-0.2, -0.15) is 0 Å². The Hall–Kier alpha value is -1.74. The highest BCUT2D eigenvalue weighted by Crippen LogP contribution is 2.13. The van der Waals surface area contributed by atoms with Crippen LogP contribution in [0.2, 0.25) is 0 Å². The molecule has 8 heteroatoms. The number of benzene rings is 2. The van der Waals surface area contributed by atoms with Crippen molar-refractivity contribution >= 4 is 20.0 Å². The van der Waals surface area contributed by atoms with Crippen molar-refractivity contribution in [3.63, 3.8) is 0 Å². The molecule has 2 aromatic carbocycles. The molecule has 26 heavy (non-hydrogen) atoms. The predicted molar refractivity (Wildman–Crippen MR) is 105 cm³/mol. The zero-order chi connectivity index (χ0) is 20.1. The summed E-state index contributed by atoms with van der Waals surface area (Å²) in [5.74, 6) is -0.166. The van der Waals surface area contributed by atoms with Crippen molar-refractivity contribution in [3.8, 4) is 0 Å². The molecule has 0 saturated carbocycles. The Morgan fingerprint density at radius 2 is 0.962 bits per heavy atom. The van der Waals surface area contributed by atoms with Crippen molar-refractivity contribution in [2.75, 3.05) is 0 Å². The van der Waals surface area contributed by atoms with E-state index < -0.39 is 20.0 Å². The Morgan fingerprint density at radius 3 is 1.23 bits per heavy atom. The number of hydrogen-bond donors (Lipinski definition) is 2. The molecular weight excluding hydrogens is 372 g/mol. The van der Waals surface area contributed by atoms with E-state index in [1.54, 1.807) is 0 Å². The second kappa shape index (κ2) is 8.77. The minimum atomic E-state index is -3.42. The van der Waals surface area contributed by atoms with Crippen molar-refractivity contribution in [3.05, 3.63) is 69.8 Å². The smallest absolute Gasteiger partial charge is 0.213 e. The summed E-state index contributed by atoms with van der Waals surface area (Å²) < 4.78 is 43.4. The quantitative estimate of drug-likeness (QED) is 0.820. The highest BCUT2D eigenvalue weighted by molar-refractivity contribution is 7.88. The zero-order valence-corrected chi connectivity index (χ0v) is 17.1. The Balaban J connectivity index is 0.000000260. The summed E-state index contributed by atoms with van der Waals surface area (Å²) in [6, 6.07) is 11.4. The molecule has 144 valence electrons.